The quantitative estimate of drug-likeness (QED) is 0.170. The number of esters is 1. The molecule has 2 heterocycles. The summed E-state index contributed by atoms with van der Waals surface area (Å²) in [4.78, 5) is 26.3. The number of rotatable bonds is 9. The summed E-state index contributed by atoms with van der Waals surface area (Å²) >= 11 is 0. The third-order valence-electron chi connectivity index (χ3n) is 11.9. The lowest BCUT2D eigenvalue weighted by Crippen LogP contribution is -2.73. The summed E-state index contributed by atoms with van der Waals surface area (Å²) in [6.07, 6.45) is 4.15. The van der Waals surface area contributed by atoms with E-state index in [1.807, 2.05) is 6.07 Å². The zero-order chi connectivity index (χ0) is 34.6. The Morgan fingerprint density at radius 3 is 2.47 bits per heavy atom. The van der Waals surface area contributed by atoms with Crippen molar-refractivity contribution in [3.05, 3.63) is 101 Å². The van der Waals surface area contributed by atoms with Crippen molar-refractivity contribution in [3.63, 3.8) is 0 Å². The lowest BCUT2D eigenvalue weighted by atomic mass is 9.46. The molecule has 1 spiro atoms. The highest BCUT2D eigenvalue weighted by molar-refractivity contribution is 5.99. The lowest BCUT2D eigenvalue weighted by Gasteiger charge is -2.65. The first-order chi connectivity index (χ1) is 23.4. The number of halogens is 3. The molecule has 49 heavy (non-hydrogen) atoms. The molecule has 0 aromatic heterocycles. The molecule has 2 aromatic carbocycles. The van der Waals surface area contributed by atoms with Crippen LogP contribution in [0.1, 0.15) is 64.0 Å². The van der Waals surface area contributed by atoms with Gasteiger partial charge in [-0.1, -0.05) is 80.9 Å². The maximum atomic E-state index is 14.5. The van der Waals surface area contributed by atoms with Crippen LogP contribution in [0.3, 0.4) is 0 Å². The first-order valence-corrected chi connectivity index (χ1v) is 17.7. The molecule has 0 radical (unpaired) electrons. The number of likely N-dealkylation sites (tertiary alicyclic amines) is 1. The molecule has 9 heteroatoms. The Kier molecular flexibility index (Phi) is 8.67. The van der Waals surface area contributed by atoms with Gasteiger partial charge in [0.15, 0.2) is 5.72 Å². The summed E-state index contributed by atoms with van der Waals surface area (Å²) in [5.41, 5.74) is -0.723. The van der Waals surface area contributed by atoms with Crippen molar-refractivity contribution in [2.24, 2.45) is 23.2 Å². The van der Waals surface area contributed by atoms with Crippen molar-refractivity contribution in [1.82, 2.24) is 5.32 Å². The molecule has 7 rings (SSSR count). The molecule has 2 saturated carbocycles. The van der Waals surface area contributed by atoms with E-state index in [2.05, 4.69) is 43.4 Å². The standard InChI is InChI=1S/C40H45F3N2O4/c1-26(2)25-45(21-18-28-11-6-4-7-12-28)22-20-38-31-15-10-16-35(38)49-39(19-17-34(48-27(3)46)30(36(38)39)24-33(31)45)44-37(47)32(40(41,42)43)23-29-13-8-5-9-14-29/h4-9,11-14,17,19,23,26,31,33,35-36H,10,15-16,18,20-22,24-25H2,1-3H3/p+1/t31-,33+,35-,36?,38+,39?,45?/m0/s1. The van der Waals surface area contributed by atoms with Gasteiger partial charge in [-0.15, -0.1) is 0 Å². The van der Waals surface area contributed by atoms with Crippen molar-refractivity contribution in [3.8, 4) is 0 Å². The molecular weight excluding hydrogens is 629 g/mol. The van der Waals surface area contributed by atoms with E-state index in [1.54, 1.807) is 30.4 Å². The minimum atomic E-state index is -4.89. The van der Waals surface area contributed by atoms with Crippen molar-refractivity contribution in [1.29, 1.82) is 0 Å². The topological polar surface area (TPSA) is 64.6 Å². The summed E-state index contributed by atoms with van der Waals surface area (Å²) in [5.74, 6) is -0.988. The van der Waals surface area contributed by atoms with Gasteiger partial charge in [0.05, 0.1) is 31.8 Å². The zero-order valence-electron chi connectivity index (χ0n) is 28.5. The van der Waals surface area contributed by atoms with E-state index in [1.165, 1.54) is 24.6 Å². The zero-order valence-corrected chi connectivity index (χ0v) is 28.5. The normalized spacial score (nSPS) is 33.3. The fourth-order valence-corrected chi connectivity index (χ4v) is 10.5. The summed E-state index contributed by atoms with van der Waals surface area (Å²) in [6.45, 7) is 8.82. The highest BCUT2D eigenvalue weighted by Gasteiger charge is 2.75. The van der Waals surface area contributed by atoms with Gasteiger partial charge in [0, 0.05) is 49.4 Å². The molecule has 3 aliphatic carbocycles. The van der Waals surface area contributed by atoms with E-state index >= 15 is 0 Å². The third-order valence-corrected chi connectivity index (χ3v) is 11.9. The number of nitrogens with one attached hydrogen (secondary N) is 1. The maximum absolute atomic E-state index is 14.5. The van der Waals surface area contributed by atoms with E-state index in [4.69, 9.17) is 9.47 Å². The predicted molar refractivity (Wildman–Crippen MR) is 180 cm³/mol. The van der Waals surface area contributed by atoms with Crippen molar-refractivity contribution < 1.29 is 36.7 Å². The Morgan fingerprint density at radius 2 is 1.80 bits per heavy atom. The average Bonchev–Trinajstić information content (AvgIpc) is 3.34. The van der Waals surface area contributed by atoms with E-state index < -0.39 is 40.7 Å². The van der Waals surface area contributed by atoms with Gasteiger partial charge in [-0.2, -0.15) is 13.2 Å². The number of quaternary nitrogens is 1. The summed E-state index contributed by atoms with van der Waals surface area (Å²) in [6, 6.07) is 18.9. The highest BCUT2D eigenvalue weighted by atomic mass is 19.4. The number of ether oxygens (including phenoxy) is 2. The number of carbonyl (C=O) groups is 2. The molecule has 260 valence electrons. The van der Waals surface area contributed by atoms with Crippen LogP contribution in [0.4, 0.5) is 13.2 Å². The lowest BCUT2D eigenvalue weighted by molar-refractivity contribution is -0.966. The number of hydrogen-bond donors (Lipinski definition) is 1. The van der Waals surface area contributed by atoms with Crippen molar-refractivity contribution in [2.45, 2.75) is 83.3 Å². The Morgan fingerprint density at radius 1 is 1.08 bits per heavy atom. The van der Waals surface area contributed by atoms with Crippen LogP contribution < -0.4 is 5.32 Å². The van der Waals surface area contributed by atoms with Crippen molar-refractivity contribution >= 4 is 18.0 Å². The molecule has 7 atom stereocenters. The second-order valence-electron chi connectivity index (χ2n) is 15.2. The Bertz CT molecular complexity index is 1690. The summed E-state index contributed by atoms with van der Waals surface area (Å²) in [7, 11) is 0. The molecule has 5 aliphatic rings. The minimum absolute atomic E-state index is 0.227. The van der Waals surface area contributed by atoms with Gasteiger partial charge < -0.3 is 19.3 Å². The first kappa shape index (κ1) is 33.8. The third kappa shape index (κ3) is 5.86. The number of piperidine rings is 1. The van der Waals surface area contributed by atoms with Crippen LogP contribution in [-0.2, 0) is 25.5 Å². The fraction of sp³-hybridized carbons (Fsp3) is 0.500. The van der Waals surface area contributed by atoms with Gasteiger partial charge in [-0.25, -0.2) is 0 Å². The van der Waals surface area contributed by atoms with Crippen LogP contribution in [0.15, 0.2) is 89.7 Å². The maximum Gasteiger partial charge on any atom is 0.421 e. The van der Waals surface area contributed by atoms with Gasteiger partial charge in [-0.05, 0) is 47.8 Å². The van der Waals surface area contributed by atoms with E-state index in [9.17, 15) is 22.8 Å². The summed E-state index contributed by atoms with van der Waals surface area (Å²) in [5, 5.41) is 2.82. The fourth-order valence-electron chi connectivity index (χ4n) is 10.5. The number of allylic oxidation sites excluding steroid dienone is 1. The molecule has 3 unspecified atom stereocenters. The number of alkyl halides is 3. The molecule has 2 aromatic rings. The second-order valence-corrected chi connectivity index (χ2v) is 15.2. The number of amides is 1. The van der Waals surface area contributed by atoms with Crippen LogP contribution in [0.5, 0.6) is 0 Å². The molecule has 1 N–H and O–H groups in total. The van der Waals surface area contributed by atoms with Gasteiger partial charge >= 0.3 is 12.1 Å². The number of benzene rings is 2. The molecule has 2 bridgehead atoms. The molecular formula is C40H46F3N2O4+. The Balaban J connectivity index is 1.31. The second kappa shape index (κ2) is 12.6. The molecule has 6 nitrogen and oxygen atoms in total. The van der Waals surface area contributed by atoms with Gasteiger partial charge in [-0.3, -0.25) is 9.59 Å². The molecule has 2 saturated heterocycles. The predicted octanol–water partition coefficient (Wildman–Crippen LogP) is 7.52. The smallest absolute Gasteiger partial charge is 0.421 e. The Hall–Kier alpha value is -3.69. The largest absolute Gasteiger partial charge is 0.427 e. The number of hydrogen-bond acceptors (Lipinski definition) is 4. The number of carbonyl (C=O) groups excluding carboxylic acids is 2. The van der Waals surface area contributed by atoms with Crippen molar-refractivity contribution in [2.75, 3.05) is 19.6 Å². The first-order valence-electron chi connectivity index (χ1n) is 17.7. The monoisotopic (exact) mass is 675 g/mol. The average molecular weight is 676 g/mol. The number of nitrogens with zero attached hydrogens (tertiary/aromatic N) is 1. The molecule has 4 fully saturated rings. The highest BCUT2D eigenvalue weighted by Crippen LogP contribution is 2.70. The van der Waals surface area contributed by atoms with Crippen LogP contribution in [0.25, 0.3) is 6.08 Å². The minimum Gasteiger partial charge on any atom is -0.427 e. The van der Waals surface area contributed by atoms with Crippen LogP contribution >= 0.6 is 0 Å². The molecule has 1 amide bonds. The van der Waals surface area contributed by atoms with E-state index in [0.29, 0.717) is 18.1 Å². The Labute approximate surface area is 286 Å². The SMILES string of the molecule is CC(=O)OC1=C2C[C@@H]3[C@@H]4CCC[C@@H]5OC(NC(=O)C(=Cc6ccccc6)C(F)(F)F)(C=C1)C2[C@@]54CC[N+]3(CCc1ccccc1)CC(C)C. The van der Waals surface area contributed by atoms with E-state index in [0.717, 1.165) is 67.9 Å². The van der Waals surface area contributed by atoms with Crippen LogP contribution in [0.2, 0.25) is 0 Å². The van der Waals surface area contributed by atoms with Gasteiger partial charge in [0.1, 0.15) is 11.3 Å². The van der Waals surface area contributed by atoms with Crippen LogP contribution in [-0.4, -0.2) is 60.0 Å². The van der Waals surface area contributed by atoms with Crippen LogP contribution in [0, 0.1) is 23.2 Å². The van der Waals surface area contributed by atoms with E-state index in [-0.39, 0.29) is 23.6 Å². The summed E-state index contributed by atoms with van der Waals surface area (Å²) < 4.78 is 57.3. The molecule has 2 aliphatic heterocycles. The van der Waals surface area contributed by atoms with Gasteiger partial charge in [0.25, 0.3) is 5.91 Å². The van der Waals surface area contributed by atoms with Gasteiger partial charge in [0.2, 0.25) is 0 Å².